The van der Waals surface area contributed by atoms with Crippen LogP contribution in [0.5, 0.6) is 5.75 Å². The van der Waals surface area contributed by atoms with Crippen LogP contribution >= 0.6 is 0 Å². The van der Waals surface area contributed by atoms with Crippen molar-refractivity contribution in [3.63, 3.8) is 0 Å². The van der Waals surface area contributed by atoms with Crippen molar-refractivity contribution >= 4 is 23.4 Å². The Hall–Kier alpha value is -4.17. The van der Waals surface area contributed by atoms with Gasteiger partial charge in [-0.2, -0.15) is 18.4 Å². The predicted molar refractivity (Wildman–Crippen MR) is 149 cm³/mol. The second kappa shape index (κ2) is 13.7. The van der Waals surface area contributed by atoms with E-state index in [0.717, 1.165) is 49.9 Å². The summed E-state index contributed by atoms with van der Waals surface area (Å²) in [5, 5.41) is 9.01. The summed E-state index contributed by atoms with van der Waals surface area (Å²) < 4.78 is 45.7. The number of carbonyl (C=O) groups is 3. The van der Waals surface area contributed by atoms with E-state index in [1.807, 2.05) is 35.2 Å². The Labute approximate surface area is 242 Å². The summed E-state index contributed by atoms with van der Waals surface area (Å²) in [4.78, 5) is 43.1. The van der Waals surface area contributed by atoms with Crippen LogP contribution in [0.1, 0.15) is 50.2 Å². The Morgan fingerprint density at radius 1 is 0.952 bits per heavy atom. The van der Waals surface area contributed by atoms with E-state index in [2.05, 4.69) is 4.90 Å². The standard InChI is InChI=1S/C31H33F3N4O4/c1-22-26(30(41)38(29(22)40)24-13-12-23(20-35)27(19-24)31(32,33)34)11-7-2-3-8-14-36-15-17-37(18-16-36)28(39)21-42-25-9-5-4-6-10-25/h4-6,9-10,12-13,19H,2-3,7-8,11,14-18,21H2,1H3. The molecule has 0 saturated carbocycles. The third kappa shape index (κ3) is 7.36. The van der Waals surface area contributed by atoms with Gasteiger partial charge in [0.05, 0.1) is 22.9 Å². The molecule has 0 radical (unpaired) electrons. The number of amides is 3. The molecule has 2 aromatic rings. The monoisotopic (exact) mass is 582 g/mol. The number of nitrogens with zero attached hydrogens (tertiary/aromatic N) is 4. The molecule has 4 rings (SSSR count). The molecule has 0 spiro atoms. The van der Waals surface area contributed by atoms with Gasteiger partial charge in [0.15, 0.2) is 6.61 Å². The van der Waals surface area contributed by atoms with Gasteiger partial charge in [-0.3, -0.25) is 19.3 Å². The smallest absolute Gasteiger partial charge is 0.417 e. The summed E-state index contributed by atoms with van der Waals surface area (Å²) >= 11 is 0. The number of carbonyl (C=O) groups excluding carboxylic acids is 3. The lowest BCUT2D eigenvalue weighted by Gasteiger charge is -2.34. The van der Waals surface area contributed by atoms with Crippen LogP contribution in [0, 0.1) is 11.3 Å². The number of ether oxygens (including phenoxy) is 1. The Morgan fingerprint density at radius 3 is 2.31 bits per heavy atom. The molecule has 2 aromatic carbocycles. The second-order valence-electron chi connectivity index (χ2n) is 10.4. The Morgan fingerprint density at radius 2 is 1.64 bits per heavy atom. The zero-order valence-electron chi connectivity index (χ0n) is 23.5. The molecule has 222 valence electrons. The zero-order valence-corrected chi connectivity index (χ0v) is 23.5. The minimum atomic E-state index is -4.79. The molecule has 3 amide bonds. The molecule has 2 aliphatic heterocycles. The molecule has 11 heteroatoms. The summed E-state index contributed by atoms with van der Waals surface area (Å²) in [6.45, 7) is 5.33. The molecular weight excluding hydrogens is 549 g/mol. The van der Waals surface area contributed by atoms with Gasteiger partial charge in [0.1, 0.15) is 5.75 Å². The number of para-hydroxylation sites is 1. The molecule has 1 fully saturated rings. The van der Waals surface area contributed by atoms with Crippen molar-refractivity contribution in [2.75, 3.05) is 44.2 Å². The lowest BCUT2D eigenvalue weighted by atomic mass is 10.0. The van der Waals surface area contributed by atoms with Crippen molar-refractivity contribution in [3.05, 3.63) is 70.8 Å². The molecule has 0 unspecified atom stereocenters. The maximum Gasteiger partial charge on any atom is 0.417 e. The summed E-state index contributed by atoms with van der Waals surface area (Å²) in [7, 11) is 0. The number of nitriles is 1. The van der Waals surface area contributed by atoms with E-state index in [1.54, 1.807) is 0 Å². The van der Waals surface area contributed by atoms with E-state index in [1.165, 1.54) is 19.1 Å². The van der Waals surface area contributed by atoms with Crippen molar-refractivity contribution in [2.45, 2.75) is 45.2 Å². The van der Waals surface area contributed by atoms with E-state index in [9.17, 15) is 27.6 Å². The number of benzene rings is 2. The molecule has 8 nitrogen and oxygen atoms in total. The van der Waals surface area contributed by atoms with Gasteiger partial charge in [0.2, 0.25) is 0 Å². The number of alkyl halides is 3. The van der Waals surface area contributed by atoms with Gasteiger partial charge in [-0.05, 0) is 63.1 Å². The first-order valence-corrected chi connectivity index (χ1v) is 14.0. The lowest BCUT2D eigenvalue weighted by Crippen LogP contribution is -2.50. The summed E-state index contributed by atoms with van der Waals surface area (Å²) in [5.74, 6) is -0.612. The van der Waals surface area contributed by atoms with Gasteiger partial charge in [-0.15, -0.1) is 0 Å². The van der Waals surface area contributed by atoms with E-state index < -0.39 is 29.1 Å². The van der Waals surface area contributed by atoms with Crippen LogP contribution in [0.4, 0.5) is 18.9 Å². The average molecular weight is 583 g/mol. The Kier molecular flexibility index (Phi) is 10.0. The fourth-order valence-corrected chi connectivity index (χ4v) is 5.18. The van der Waals surface area contributed by atoms with Crippen molar-refractivity contribution < 1.29 is 32.3 Å². The number of imide groups is 1. The second-order valence-corrected chi connectivity index (χ2v) is 10.4. The maximum absolute atomic E-state index is 13.4. The number of piperazine rings is 1. The Balaban J connectivity index is 1.17. The van der Waals surface area contributed by atoms with Crippen LogP contribution in [-0.4, -0.2) is 66.9 Å². The van der Waals surface area contributed by atoms with Gasteiger partial charge in [-0.1, -0.05) is 31.0 Å². The van der Waals surface area contributed by atoms with Crippen molar-refractivity contribution in [2.24, 2.45) is 0 Å². The zero-order chi connectivity index (χ0) is 30.3. The number of hydrogen-bond acceptors (Lipinski definition) is 6. The molecule has 1 saturated heterocycles. The van der Waals surface area contributed by atoms with E-state index in [4.69, 9.17) is 10.00 Å². The summed E-state index contributed by atoms with van der Waals surface area (Å²) in [6, 6.07) is 13.6. The van der Waals surface area contributed by atoms with Crippen molar-refractivity contribution in [1.82, 2.24) is 9.80 Å². The fourth-order valence-electron chi connectivity index (χ4n) is 5.18. The highest BCUT2D eigenvalue weighted by atomic mass is 19.4. The SMILES string of the molecule is CC1=C(CCCCCCN2CCN(C(=O)COc3ccccc3)CC2)C(=O)N(c2ccc(C#N)c(C(F)(F)F)c2)C1=O. The first-order chi connectivity index (χ1) is 20.1. The van der Waals surface area contributed by atoms with E-state index in [-0.39, 0.29) is 23.8 Å². The minimum absolute atomic E-state index is 0.0217. The maximum atomic E-state index is 13.4. The molecule has 0 atom stereocenters. The van der Waals surface area contributed by atoms with Crippen molar-refractivity contribution in [1.29, 1.82) is 5.26 Å². The Bertz CT molecular complexity index is 1380. The highest BCUT2D eigenvalue weighted by molar-refractivity contribution is 6.32. The summed E-state index contributed by atoms with van der Waals surface area (Å²) in [5.41, 5.74) is -1.40. The quantitative estimate of drug-likeness (QED) is 0.275. The molecule has 0 bridgehead atoms. The highest BCUT2D eigenvalue weighted by Crippen LogP contribution is 2.37. The van der Waals surface area contributed by atoms with Crippen LogP contribution in [0.15, 0.2) is 59.7 Å². The fraction of sp³-hybridized carbons (Fsp3) is 0.419. The van der Waals surface area contributed by atoms with Crippen LogP contribution in [0.3, 0.4) is 0 Å². The van der Waals surface area contributed by atoms with E-state index >= 15 is 0 Å². The molecule has 42 heavy (non-hydrogen) atoms. The van der Waals surface area contributed by atoms with Crippen LogP contribution in [0.2, 0.25) is 0 Å². The molecule has 0 aromatic heterocycles. The lowest BCUT2D eigenvalue weighted by molar-refractivity contribution is -0.138. The first kappa shape index (κ1) is 30.8. The predicted octanol–water partition coefficient (Wildman–Crippen LogP) is 4.94. The summed E-state index contributed by atoms with van der Waals surface area (Å²) in [6.07, 6.45) is -1.05. The molecule has 2 heterocycles. The number of halogens is 3. The van der Waals surface area contributed by atoms with Crippen LogP contribution in [0.25, 0.3) is 0 Å². The minimum Gasteiger partial charge on any atom is -0.484 e. The largest absolute Gasteiger partial charge is 0.484 e. The third-order valence-corrected chi connectivity index (χ3v) is 7.61. The van der Waals surface area contributed by atoms with Gasteiger partial charge in [0, 0.05) is 37.3 Å². The first-order valence-electron chi connectivity index (χ1n) is 14.0. The van der Waals surface area contributed by atoms with E-state index in [0.29, 0.717) is 43.3 Å². The molecule has 0 aliphatic carbocycles. The molecular formula is C31H33F3N4O4. The van der Waals surface area contributed by atoms with Gasteiger partial charge in [-0.25, -0.2) is 4.90 Å². The average Bonchev–Trinajstić information content (AvgIpc) is 3.20. The number of unbranched alkanes of at least 4 members (excludes halogenated alkanes) is 3. The molecule has 2 aliphatic rings. The van der Waals surface area contributed by atoms with Crippen LogP contribution < -0.4 is 9.64 Å². The molecule has 0 N–H and O–H groups in total. The third-order valence-electron chi connectivity index (χ3n) is 7.61. The van der Waals surface area contributed by atoms with Crippen LogP contribution in [-0.2, 0) is 20.6 Å². The number of hydrogen-bond donors (Lipinski definition) is 0. The van der Waals surface area contributed by atoms with Crippen molar-refractivity contribution in [3.8, 4) is 11.8 Å². The highest BCUT2D eigenvalue weighted by Gasteiger charge is 2.39. The number of anilines is 1. The number of rotatable bonds is 11. The topological polar surface area (TPSA) is 93.9 Å². The van der Waals surface area contributed by atoms with Gasteiger partial charge >= 0.3 is 6.18 Å². The normalized spacial score (nSPS) is 16.3. The van der Waals surface area contributed by atoms with Gasteiger partial charge < -0.3 is 9.64 Å². The van der Waals surface area contributed by atoms with Gasteiger partial charge in [0.25, 0.3) is 17.7 Å².